The average Bonchev–Trinajstić information content (AvgIpc) is 1.98. The van der Waals surface area contributed by atoms with E-state index in [1.807, 2.05) is 6.92 Å². The summed E-state index contributed by atoms with van der Waals surface area (Å²) in [5, 5.41) is 0. The minimum atomic E-state index is -0.204. The molecule has 0 radical (unpaired) electrons. The molecule has 0 spiro atoms. The molecule has 0 aliphatic carbocycles. The first-order valence-electron chi connectivity index (χ1n) is 4.00. The number of carbonyl (C=O) groups excluding carboxylic acids is 1. The van der Waals surface area contributed by atoms with Crippen LogP contribution in [-0.4, -0.2) is 11.8 Å². The van der Waals surface area contributed by atoms with Gasteiger partial charge in [0.05, 0.1) is 6.04 Å². The maximum Gasteiger partial charge on any atom is 0.149 e. The van der Waals surface area contributed by atoms with Crippen LogP contribution >= 0.6 is 12.4 Å². The highest BCUT2D eigenvalue weighted by molar-refractivity contribution is 5.85. The Morgan fingerprint density at radius 1 is 1.45 bits per heavy atom. The fraction of sp³-hybridized carbons (Fsp3) is 0.875. The first-order valence-corrected chi connectivity index (χ1v) is 4.00. The monoisotopic (exact) mass is 179 g/mol. The zero-order chi connectivity index (χ0) is 7.98. The van der Waals surface area contributed by atoms with Gasteiger partial charge in [0, 0.05) is 6.42 Å². The van der Waals surface area contributed by atoms with E-state index in [2.05, 4.69) is 6.92 Å². The van der Waals surface area contributed by atoms with Gasteiger partial charge in [0.2, 0.25) is 0 Å². The van der Waals surface area contributed by atoms with Gasteiger partial charge in [-0.2, -0.15) is 0 Å². The molecule has 3 heteroatoms. The lowest BCUT2D eigenvalue weighted by atomic mass is 10.1. The van der Waals surface area contributed by atoms with Gasteiger partial charge in [0.15, 0.2) is 0 Å². The summed E-state index contributed by atoms with van der Waals surface area (Å²) in [7, 11) is 0. The van der Waals surface area contributed by atoms with Crippen molar-refractivity contribution in [1.29, 1.82) is 0 Å². The van der Waals surface area contributed by atoms with Crippen molar-refractivity contribution < 1.29 is 4.79 Å². The van der Waals surface area contributed by atoms with Crippen molar-refractivity contribution >= 4 is 18.2 Å². The zero-order valence-corrected chi connectivity index (χ0v) is 8.12. The Morgan fingerprint density at radius 3 is 2.36 bits per heavy atom. The van der Waals surface area contributed by atoms with Crippen molar-refractivity contribution in [2.24, 2.45) is 5.73 Å². The first kappa shape index (κ1) is 13.5. The number of Topliss-reactive ketones (excluding diaryl/α,β-unsaturated/α-hetero) is 1. The zero-order valence-electron chi connectivity index (χ0n) is 7.30. The minimum absolute atomic E-state index is 0. The molecule has 11 heavy (non-hydrogen) atoms. The first-order chi connectivity index (χ1) is 4.72. The molecule has 2 nitrogen and oxygen atoms in total. The van der Waals surface area contributed by atoms with Crippen LogP contribution < -0.4 is 5.73 Å². The lowest BCUT2D eigenvalue weighted by Crippen LogP contribution is -2.29. The van der Waals surface area contributed by atoms with Crippen LogP contribution in [0, 0.1) is 0 Å². The SMILES string of the molecule is CCCCC(N)C(=O)CC.Cl. The summed E-state index contributed by atoms with van der Waals surface area (Å²) >= 11 is 0. The minimum Gasteiger partial charge on any atom is -0.322 e. The van der Waals surface area contributed by atoms with Gasteiger partial charge in [-0.3, -0.25) is 4.79 Å². The Bertz CT molecular complexity index is 106. The molecule has 0 bridgehead atoms. The summed E-state index contributed by atoms with van der Waals surface area (Å²) in [5.41, 5.74) is 5.56. The van der Waals surface area contributed by atoms with Crippen LogP contribution in [-0.2, 0) is 4.79 Å². The molecular weight excluding hydrogens is 162 g/mol. The number of rotatable bonds is 5. The Morgan fingerprint density at radius 2 is 2.00 bits per heavy atom. The van der Waals surface area contributed by atoms with Crippen LogP contribution in [0.4, 0.5) is 0 Å². The van der Waals surface area contributed by atoms with Crippen LogP contribution in [0.1, 0.15) is 39.5 Å². The lowest BCUT2D eigenvalue weighted by molar-refractivity contribution is -0.120. The van der Waals surface area contributed by atoms with E-state index in [9.17, 15) is 4.79 Å². The summed E-state index contributed by atoms with van der Waals surface area (Å²) in [6.07, 6.45) is 3.60. The maximum atomic E-state index is 10.9. The largest absolute Gasteiger partial charge is 0.322 e. The highest BCUT2D eigenvalue weighted by atomic mass is 35.5. The van der Waals surface area contributed by atoms with Crippen LogP contribution in [0.3, 0.4) is 0 Å². The Kier molecular flexibility index (Phi) is 9.85. The van der Waals surface area contributed by atoms with E-state index in [-0.39, 0.29) is 24.2 Å². The molecule has 0 aromatic carbocycles. The standard InChI is InChI=1S/C8H17NO.ClH/c1-3-5-6-7(9)8(10)4-2;/h7H,3-6,9H2,1-2H3;1H. The quantitative estimate of drug-likeness (QED) is 0.701. The third-order valence-corrected chi connectivity index (χ3v) is 1.63. The molecule has 0 saturated heterocycles. The Hall–Kier alpha value is -0.0800. The molecule has 68 valence electrons. The lowest BCUT2D eigenvalue weighted by Gasteiger charge is -2.06. The normalized spacial score (nSPS) is 11.9. The third kappa shape index (κ3) is 6.32. The van der Waals surface area contributed by atoms with E-state index < -0.39 is 0 Å². The average molecular weight is 180 g/mol. The van der Waals surface area contributed by atoms with E-state index in [1.165, 1.54) is 0 Å². The number of carbonyl (C=O) groups is 1. The van der Waals surface area contributed by atoms with E-state index in [0.717, 1.165) is 19.3 Å². The van der Waals surface area contributed by atoms with Crippen molar-refractivity contribution in [1.82, 2.24) is 0 Å². The molecule has 0 aromatic rings. The number of hydrogen-bond acceptors (Lipinski definition) is 2. The Balaban J connectivity index is 0. The Labute approximate surface area is 74.9 Å². The van der Waals surface area contributed by atoms with Gasteiger partial charge in [-0.1, -0.05) is 26.7 Å². The van der Waals surface area contributed by atoms with Crippen LogP contribution in [0.2, 0.25) is 0 Å². The summed E-state index contributed by atoms with van der Waals surface area (Å²) in [6.45, 7) is 3.96. The molecule has 0 saturated carbocycles. The molecule has 0 rings (SSSR count). The number of nitrogens with two attached hydrogens (primary N) is 1. The number of halogens is 1. The smallest absolute Gasteiger partial charge is 0.149 e. The van der Waals surface area contributed by atoms with E-state index in [1.54, 1.807) is 0 Å². The summed E-state index contributed by atoms with van der Waals surface area (Å²) < 4.78 is 0. The van der Waals surface area contributed by atoms with Crippen LogP contribution in [0.15, 0.2) is 0 Å². The molecule has 0 amide bonds. The molecule has 0 aliphatic heterocycles. The van der Waals surface area contributed by atoms with Crippen molar-refractivity contribution in [2.45, 2.75) is 45.6 Å². The second-order valence-corrected chi connectivity index (χ2v) is 2.57. The highest BCUT2D eigenvalue weighted by Gasteiger charge is 2.08. The van der Waals surface area contributed by atoms with Crippen LogP contribution in [0.5, 0.6) is 0 Å². The molecule has 0 heterocycles. The molecule has 0 fully saturated rings. The van der Waals surface area contributed by atoms with E-state index >= 15 is 0 Å². The van der Waals surface area contributed by atoms with Gasteiger partial charge in [0.25, 0.3) is 0 Å². The third-order valence-electron chi connectivity index (χ3n) is 1.63. The number of ketones is 1. The second kappa shape index (κ2) is 8.02. The number of unbranched alkanes of at least 4 members (excludes halogenated alkanes) is 1. The van der Waals surface area contributed by atoms with Gasteiger partial charge >= 0.3 is 0 Å². The summed E-state index contributed by atoms with van der Waals surface area (Å²) in [5.74, 6) is 0.188. The van der Waals surface area contributed by atoms with E-state index in [4.69, 9.17) is 5.73 Å². The topological polar surface area (TPSA) is 43.1 Å². The number of hydrogen-bond donors (Lipinski definition) is 1. The van der Waals surface area contributed by atoms with E-state index in [0.29, 0.717) is 6.42 Å². The van der Waals surface area contributed by atoms with Gasteiger partial charge in [-0.25, -0.2) is 0 Å². The van der Waals surface area contributed by atoms with Crippen molar-refractivity contribution in [3.05, 3.63) is 0 Å². The predicted octanol–water partition coefficient (Wildman–Crippen LogP) is 1.90. The van der Waals surface area contributed by atoms with Crippen molar-refractivity contribution in [3.8, 4) is 0 Å². The fourth-order valence-corrected chi connectivity index (χ4v) is 0.847. The van der Waals surface area contributed by atoms with Gasteiger partial charge in [-0.15, -0.1) is 12.4 Å². The summed E-state index contributed by atoms with van der Waals surface area (Å²) in [6, 6.07) is -0.204. The highest BCUT2D eigenvalue weighted by Crippen LogP contribution is 2.00. The summed E-state index contributed by atoms with van der Waals surface area (Å²) in [4.78, 5) is 10.9. The van der Waals surface area contributed by atoms with Crippen molar-refractivity contribution in [2.75, 3.05) is 0 Å². The maximum absolute atomic E-state index is 10.9. The molecule has 0 aromatic heterocycles. The van der Waals surface area contributed by atoms with Gasteiger partial charge in [-0.05, 0) is 6.42 Å². The molecular formula is C8H18ClNO. The van der Waals surface area contributed by atoms with Gasteiger partial charge < -0.3 is 5.73 Å². The molecule has 1 unspecified atom stereocenters. The van der Waals surface area contributed by atoms with Gasteiger partial charge in [0.1, 0.15) is 5.78 Å². The molecule has 0 aliphatic rings. The van der Waals surface area contributed by atoms with Crippen molar-refractivity contribution in [3.63, 3.8) is 0 Å². The predicted molar refractivity (Wildman–Crippen MR) is 50.0 cm³/mol. The molecule has 2 N–H and O–H groups in total. The fourth-order valence-electron chi connectivity index (χ4n) is 0.847. The second-order valence-electron chi connectivity index (χ2n) is 2.57. The molecule has 1 atom stereocenters. The van der Waals surface area contributed by atoms with Crippen LogP contribution in [0.25, 0.3) is 0 Å².